The maximum Gasteiger partial charge on any atom is 0.172 e. The number of benzene rings is 1. The lowest BCUT2D eigenvalue weighted by molar-refractivity contribution is -0.0416. The molecular weight excluding hydrogens is 347 g/mol. The summed E-state index contributed by atoms with van der Waals surface area (Å²) in [6.07, 6.45) is 5.46. The van der Waals surface area contributed by atoms with Gasteiger partial charge in [0.2, 0.25) is 0 Å². The first-order valence-corrected chi connectivity index (χ1v) is 8.91. The normalized spacial score (nSPS) is 11.0. The van der Waals surface area contributed by atoms with Gasteiger partial charge in [-0.15, -0.1) is 0 Å². The van der Waals surface area contributed by atoms with Gasteiger partial charge in [0.1, 0.15) is 5.82 Å². The average molecular weight is 370 g/mol. The third kappa shape index (κ3) is 4.50. The van der Waals surface area contributed by atoms with Crippen LogP contribution in [-0.2, 0) is 9.68 Å². The highest BCUT2D eigenvalue weighted by Crippen LogP contribution is 2.30. The summed E-state index contributed by atoms with van der Waals surface area (Å²) in [5.74, 6) is 0.680. The lowest BCUT2D eigenvalue weighted by Gasteiger charge is -2.12. The molecule has 3 aromatic rings. The van der Waals surface area contributed by atoms with E-state index in [-0.39, 0.29) is 5.76 Å². The number of pyridine rings is 2. The van der Waals surface area contributed by atoms with Crippen LogP contribution in [0.2, 0.25) is 0 Å². The number of fused-ring (bicyclic) bond motifs is 3. The molecule has 0 unspecified atom stereocenters. The molecule has 0 aliphatic rings. The smallest absolute Gasteiger partial charge is 0.172 e. The second-order valence-electron chi connectivity index (χ2n) is 6.15. The van der Waals surface area contributed by atoms with Crippen LogP contribution in [0.5, 0.6) is 0 Å². The van der Waals surface area contributed by atoms with Gasteiger partial charge in [-0.25, -0.2) is 4.98 Å². The SMILES string of the molecule is C=C(OF)c1ccc2c(c1)nc(NCCOCCCCN)c1ccncc12. The van der Waals surface area contributed by atoms with Gasteiger partial charge >= 0.3 is 0 Å². The third-order valence-electron chi connectivity index (χ3n) is 4.29. The summed E-state index contributed by atoms with van der Waals surface area (Å²) in [7, 11) is 0. The van der Waals surface area contributed by atoms with Gasteiger partial charge in [-0.1, -0.05) is 18.7 Å². The van der Waals surface area contributed by atoms with Crippen LogP contribution in [-0.4, -0.2) is 36.3 Å². The number of hydrogen-bond acceptors (Lipinski definition) is 6. The van der Waals surface area contributed by atoms with Gasteiger partial charge in [0.25, 0.3) is 0 Å². The molecule has 2 aromatic heterocycles. The molecule has 0 aliphatic heterocycles. The number of unbranched alkanes of at least 4 members (excludes halogenated alkanes) is 1. The zero-order valence-electron chi connectivity index (χ0n) is 15.1. The summed E-state index contributed by atoms with van der Waals surface area (Å²) in [6, 6.07) is 7.29. The molecule has 0 saturated heterocycles. The van der Waals surface area contributed by atoms with E-state index in [1.165, 1.54) is 0 Å². The predicted octanol–water partition coefficient (Wildman–Crippen LogP) is 3.82. The van der Waals surface area contributed by atoms with Gasteiger partial charge in [-0.05, 0) is 31.5 Å². The predicted molar refractivity (Wildman–Crippen MR) is 106 cm³/mol. The van der Waals surface area contributed by atoms with Crippen LogP contribution in [0.25, 0.3) is 27.4 Å². The molecule has 3 N–H and O–H groups in total. The first-order valence-electron chi connectivity index (χ1n) is 8.91. The van der Waals surface area contributed by atoms with E-state index in [1.807, 2.05) is 12.1 Å². The molecule has 0 radical (unpaired) electrons. The minimum absolute atomic E-state index is 0.0506. The molecule has 1 aromatic carbocycles. The minimum Gasteiger partial charge on any atom is -0.380 e. The van der Waals surface area contributed by atoms with Crippen molar-refractivity contribution >= 4 is 33.3 Å². The van der Waals surface area contributed by atoms with Crippen molar-refractivity contribution in [1.29, 1.82) is 0 Å². The number of anilines is 1. The molecule has 6 nitrogen and oxygen atoms in total. The first kappa shape index (κ1) is 19.0. The van der Waals surface area contributed by atoms with Crippen molar-refractivity contribution in [2.75, 3.05) is 31.6 Å². The quantitative estimate of drug-likeness (QED) is 0.321. The highest BCUT2D eigenvalue weighted by Gasteiger charge is 2.10. The van der Waals surface area contributed by atoms with Crippen molar-refractivity contribution in [2.24, 2.45) is 5.73 Å². The Hall–Kier alpha value is -2.77. The largest absolute Gasteiger partial charge is 0.380 e. The highest BCUT2D eigenvalue weighted by molar-refractivity contribution is 6.10. The Bertz CT molecular complexity index is 932. The number of rotatable bonds is 10. The van der Waals surface area contributed by atoms with Crippen molar-refractivity contribution in [3.05, 3.63) is 48.8 Å². The Morgan fingerprint density at radius 2 is 2.04 bits per heavy atom. The van der Waals surface area contributed by atoms with Crippen LogP contribution in [0.4, 0.5) is 10.3 Å². The second kappa shape index (κ2) is 9.25. The van der Waals surface area contributed by atoms with Crippen molar-refractivity contribution < 1.29 is 14.2 Å². The second-order valence-corrected chi connectivity index (χ2v) is 6.15. The van der Waals surface area contributed by atoms with Crippen LogP contribution < -0.4 is 11.1 Å². The maximum absolute atomic E-state index is 12.5. The van der Waals surface area contributed by atoms with Crippen LogP contribution >= 0.6 is 0 Å². The Morgan fingerprint density at radius 3 is 2.85 bits per heavy atom. The summed E-state index contributed by atoms with van der Waals surface area (Å²) in [5.41, 5.74) is 6.71. The van der Waals surface area contributed by atoms with Gasteiger partial charge < -0.3 is 15.8 Å². The van der Waals surface area contributed by atoms with Crippen LogP contribution in [0, 0.1) is 0 Å². The van der Waals surface area contributed by atoms with Gasteiger partial charge in [-0.3, -0.25) is 9.93 Å². The third-order valence-corrected chi connectivity index (χ3v) is 4.29. The average Bonchev–Trinajstić information content (AvgIpc) is 2.72. The molecule has 0 spiro atoms. The van der Waals surface area contributed by atoms with E-state index < -0.39 is 0 Å². The molecule has 142 valence electrons. The van der Waals surface area contributed by atoms with Crippen LogP contribution in [0.15, 0.2) is 43.2 Å². The van der Waals surface area contributed by atoms with E-state index in [2.05, 4.69) is 21.8 Å². The van der Waals surface area contributed by atoms with Gasteiger partial charge in [-0.2, -0.15) is 0 Å². The van der Waals surface area contributed by atoms with Crippen molar-refractivity contribution in [3.8, 4) is 0 Å². The Labute approximate surface area is 157 Å². The molecule has 0 aliphatic carbocycles. The lowest BCUT2D eigenvalue weighted by atomic mass is 10.1. The molecule has 0 saturated carbocycles. The van der Waals surface area contributed by atoms with Crippen molar-refractivity contribution in [1.82, 2.24) is 9.97 Å². The summed E-state index contributed by atoms with van der Waals surface area (Å²) in [6.45, 7) is 6.13. The summed E-state index contributed by atoms with van der Waals surface area (Å²) >= 11 is 0. The number of nitrogens with one attached hydrogen (secondary N) is 1. The maximum atomic E-state index is 12.5. The van der Waals surface area contributed by atoms with Gasteiger partial charge in [0.15, 0.2) is 5.76 Å². The van der Waals surface area contributed by atoms with Crippen LogP contribution in [0.1, 0.15) is 18.4 Å². The Kier molecular flexibility index (Phi) is 6.51. The number of halogens is 1. The highest BCUT2D eigenvalue weighted by atomic mass is 19.3. The van der Waals surface area contributed by atoms with Gasteiger partial charge in [0.05, 0.1) is 12.1 Å². The summed E-state index contributed by atoms with van der Waals surface area (Å²) < 4.78 is 18.1. The zero-order valence-corrected chi connectivity index (χ0v) is 15.1. The van der Waals surface area contributed by atoms with E-state index in [4.69, 9.17) is 15.5 Å². The van der Waals surface area contributed by atoms with Crippen LogP contribution in [0.3, 0.4) is 0 Å². The molecule has 2 heterocycles. The topological polar surface area (TPSA) is 82.3 Å². The van der Waals surface area contributed by atoms with E-state index >= 15 is 0 Å². The Morgan fingerprint density at radius 1 is 1.15 bits per heavy atom. The summed E-state index contributed by atoms with van der Waals surface area (Å²) in [4.78, 5) is 12.7. The fourth-order valence-electron chi connectivity index (χ4n) is 2.89. The first-order chi connectivity index (χ1) is 13.2. The molecule has 3 rings (SSSR count). The zero-order chi connectivity index (χ0) is 19.1. The minimum atomic E-state index is -0.0506. The van der Waals surface area contributed by atoms with E-state index in [9.17, 15) is 4.53 Å². The summed E-state index contributed by atoms with van der Waals surface area (Å²) in [5, 5.41) is 6.18. The number of ether oxygens (including phenoxy) is 1. The molecule has 0 fully saturated rings. The number of aromatic nitrogens is 2. The van der Waals surface area contributed by atoms with Crippen molar-refractivity contribution in [2.45, 2.75) is 12.8 Å². The number of nitrogens with two attached hydrogens (primary N) is 1. The van der Waals surface area contributed by atoms with Crippen molar-refractivity contribution in [3.63, 3.8) is 0 Å². The number of hydrogen-bond donors (Lipinski definition) is 2. The fourth-order valence-corrected chi connectivity index (χ4v) is 2.89. The Balaban J connectivity index is 1.83. The molecular formula is C20H23FN4O2. The van der Waals surface area contributed by atoms with E-state index in [0.717, 1.165) is 34.8 Å². The van der Waals surface area contributed by atoms with Gasteiger partial charge in [0, 0.05) is 51.8 Å². The number of nitrogens with zero attached hydrogens (tertiary/aromatic N) is 2. The molecule has 0 bridgehead atoms. The van der Waals surface area contributed by atoms with E-state index in [1.54, 1.807) is 24.5 Å². The van der Waals surface area contributed by atoms with E-state index in [0.29, 0.717) is 37.4 Å². The molecule has 7 heteroatoms. The monoisotopic (exact) mass is 370 g/mol. The molecule has 0 amide bonds. The molecule has 0 atom stereocenters. The lowest BCUT2D eigenvalue weighted by Crippen LogP contribution is -2.12. The molecule has 27 heavy (non-hydrogen) atoms. The standard InChI is InChI=1S/C20H23FN4O2/c1-14(27-21)15-4-5-16-18-13-23-8-6-17(18)20(25-19(16)12-15)24-9-11-26-10-3-2-7-22/h4-6,8,12-13H,1-3,7,9-11,22H2,(H,24,25). The fraction of sp³-hybridized carbons (Fsp3) is 0.300.